The van der Waals surface area contributed by atoms with Gasteiger partial charge in [-0.15, -0.1) is 0 Å². The average Bonchev–Trinajstić information content (AvgIpc) is 3.31. The number of rotatable bonds is 6. The summed E-state index contributed by atoms with van der Waals surface area (Å²) in [5, 5.41) is 23.5. The van der Waals surface area contributed by atoms with Crippen molar-refractivity contribution in [2.24, 2.45) is 0 Å². The second-order valence-electron chi connectivity index (χ2n) is 9.05. The lowest BCUT2D eigenvalue weighted by molar-refractivity contribution is 0.142. The zero-order chi connectivity index (χ0) is 26.1. The van der Waals surface area contributed by atoms with Crippen LogP contribution >= 0.6 is 11.6 Å². The molecule has 1 fully saturated rings. The summed E-state index contributed by atoms with van der Waals surface area (Å²) in [6.45, 7) is 4.20. The predicted octanol–water partition coefficient (Wildman–Crippen LogP) is 3.83. The quantitative estimate of drug-likeness (QED) is 0.259. The monoisotopic (exact) mass is 522 g/mol. The number of nitrogens with one attached hydrogen (secondary N) is 3. The lowest BCUT2D eigenvalue weighted by Gasteiger charge is -2.34. The number of aliphatic hydroxyl groups is 1. The van der Waals surface area contributed by atoms with Gasteiger partial charge in [0.1, 0.15) is 11.4 Å². The standard InChI is InChI=1S/C26H27ClN6O4/c1-15-11-18(32-7-9-33(10-8-32)26(36)37)13-20-23(15)31-24(30-20)22-19(5-6-28-25(22)35)29-14-21(34)16-3-2-4-17(27)12-16/h2-6,11-13,21,34H,7-10,14H2,1H3,(H,30,31)(H,36,37)(H2,28,29,35). The molecule has 192 valence electrons. The summed E-state index contributed by atoms with van der Waals surface area (Å²) in [7, 11) is 0. The first-order valence-corrected chi connectivity index (χ1v) is 12.3. The minimum absolute atomic E-state index is 0.169. The fourth-order valence-electron chi connectivity index (χ4n) is 4.63. The molecule has 4 aromatic rings. The van der Waals surface area contributed by atoms with Gasteiger partial charge < -0.3 is 35.3 Å². The predicted molar refractivity (Wildman–Crippen MR) is 144 cm³/mol. The third kappa shape index (κ3) is 5.11. The van der Waals surface area contributed by atoms with Crippen LogP contribution in [0.1, 0.15) is 17.2 Å². The molecule has 1 atom stereocenters. The number of aromatic nitrogens is 3. The van der Waals surface area contributed by atoms with Crippen LogP contribution in [0.5, 0.6) is 0 Å². The average molecular weight is 523 g/mol. The first-order chi connectivity index (χ1) is 17.8. The van der Waals surface area contributed by atoms with Gasteiger partial charge in [-0.1, -0.05) is 23.7 Å². The maximum Gasteiger partial charge on any atom is 0.407 e. The number of carboxylic acid groups (broad SMARTS) is 1. The van der Waals surface area contributed by atoms with Crippen LogP contribution in [0.25, 0.3) is 22.4 Å². The number of piperazine rings is 1. The number of halogens is 1. The number of aromatic amines is 2. The third-order valence-corrected chi connectivity index (χ3v) is 6.83. The minimum atomic E-state index is -0.901. The van der Waals surface area contributed by atoms with Crippen LogP contribution in [0, 0.1) is 6.92 Å². The Hall–Kier alpha value is -4.02. The normalized spacial score (nSPS) is 14.7. The molecule has 0 bridgehead atoms. The van der Waals surface area contributed by atoms with Crippen molar-refractivity contribution in [3.05, 3.63) is 75.2 Å². The van der Waals surface area contributed by atoms with E-state index in [1.165, 1.54) is 4.90 Å². The Bertz CT molecular complexity index is 1510. The molecule has 1 amide bonds. The number of hydrogen-bond acceptors (Lipinski definition) is 6. The van der Waals surface area contributed by atoms with Crippen LogP contribution in [0.3, 0.4) is 0 Å². The van der Waals surface area contributed by atoms with E-state index in [1.54, 1.807) is 36.5 Å². The van der Waals surface area contributed by atoms with Gasteiger partial charge in [-0.2, -0.15) is 0 Å². The Morgan fingerprint density at radius 2 is 1.97 bits per heavy atom. The highest BCUT2D eigenvalue weighted by Gasteiger charge is 2.22. The number of imidazole rings is 1. The number of aryl methyl sites for hydroxylation is 1. The molecule has 0 saturated carbocycles. The van der Waals surface area contributed by atoms with Gasteiger partial charge in [0.05, 0.1) is 22.8 Å². The summed E-state index contributed by atoms with van der Waals surface area (Å²) in [5.74, 6) is 0.410. The molecule has 0 radical (unpaired) electrons. The molecular formula is C26H27ClN6O4. The minimum Gasteiger partial charge on any atom is -0.465 e. The Balaban J connectivity index is 1.42. The van der Waals surface area contributed by atoms with E-state index in [9.17, 15) is 19.8 Å². The number of carbonyl (C=O) groups is 1. The lowest BCUT2D eigenvalue weighted by Crippen LogP contribution is -2.48. The summed E-state index contributed by atoms with van der Waals surface area (Å²) < 4.78 is 0. The van der Waals surface area contributed by atoms with Crippen molar-refractivity contribution in [3.8, 4) is 11.4 Å². The summed E-state index contributed by atoms with van der Waals surface area (Å²) in [6, 6.07) is 12.7. The van der Waals surface area contributed by atoms with Crippen molar-refractivity contribution in [1.29, 1.82) is 0 Å². The summed E-state index contributed by atoms with van der Waals surface area (Å²) in [4.78, 5) is 38.4. The first-order valence-electron chi connectivity index (χ1n) is 11.9. The Kier molecular flexibility index (Phi) is 6.77. The SMILES string of the molecule is Cc1cc(N2CCN(C(=O)O)CC2)cc2[nH]c(-c3c(NCC(O)c4cccc(Cl)c4)cc[nH]c3=O)nc12. The van der Waals surface area contributed by atoms with Crippen molar-refractivity contribution in [2.75, 3.05) is 42.9 Å². The third-order valence-electron chi connectivity index (χ3n) is 6.59. The van der Waals surface area contributed by atoms with Crippen LogP contribution in [0.4, 0.5) is 16.2 Å². The molecule has 10 nitrogen and oxygen atoms in total. The second kappa shape index (κ2) is 10.2. The van der Waals surface area contributed by atoms with E-state index in [0.717, 1.165) is 22.3 Å². The molecule has 1 unspecified atom stereocenters. The zero-order valence-electron chi connectivity index (χ0n) is 20.2. The number of hydrogen-bond donors (Lipinski definition) is 5. The number of pyridine rings is 1. The number of amides is 1. The number of nitrogens with zero attached hydrogens (tertiary/aromatic N) is 3. The van der Waals surface area contributed by atoms with Gasteiger partial charge in [0.15, 0.2) is 0 Å². The highest BCUT2D eigenvalue weighted by Crippen LogP contribution is 2.30. The van der Waals surface area contributed by atoms with E-state index < -0.39 is 12.2 Å². The molecule has 5 rings (SSSR count). The Morgan fingerprint density at radius 1 is 1.19 bits per heavy atom. The van der Waals surface area contributed by atoms with Crippen molar-refractivity contribution >= 4 is 40.1 Å². The smallest absolute Gasteiger partial charge is 0.407 e. The molecule has 1 aliphatic heterocycles. The Morgan fingerprint density at radius 3 is 2.70 bits per heavy atom. The van der Waals surface area contributed by atoms with E-state index in [0.29, 0.717) is 53.8 Å². The maximum atomic E-state index is 12.9. The molecule has 11 heteroatoms. The van der Waals surface area contributed by atoms with Gasteiger partial charge in [-0.25, -0.2) is 9.78 Å². The molecule has 0 aliphatic carbocycles. The molecule has 2 aromatic carbocycles. The van der Waals surface area contributed by atoms with Crippen LogP contribution in [0.2, 0.25) is 5.02 Å². The molecule has 37 heavy (non-hydrogen) atoms. The number of anilines is 2. The summed E-state index contributed by atoms with van der Waals surface area (Å²) in [5.41, 5.74) is 4.66. The highest BCUT2D eigenvalue weighted by molar-refractivity contribution is 6.30. The van der Waals surface area contributed by atoms with E-state index in [2.05, 4.69) is 20.2 Å². The van der Waals surface area contributed by atoms with Crippen molar-refractivity contribution in [3.63, 3.8) is 0 Å². The molecule has 1 saturated heterocycles. The van der Waals surface area contributed by atoms with E-state index in [4.69, 9.17) is 16.6 Å². The molecular weight excluding hydrogens is 496 g/mol. The van der Waals surface area contributed by atoms with Gasteiger partial charge in [-0.3, -0.25) is 4.79 Å². The lowest BCUT2D eigenvalue weighted by atomic mass is 10.1. The van der Waals surface area contributed by atoms with E-state index in [-0.39, 0.29) is 12.1 Å². The van der Waals surface area contributed by atoms with Crippen LogP contribution < -0.4 is 15.8 Å². The van der Waals surface area contributed by atoms with Gasteiger partial charge in [0, 0.05) is 49.6 Å². The fraction of sp³-hybridized carbons (Fsp3) is 0.269. The summed E-state index contributed by atoms with van der Waals surface area (Å²) in [6.07, 6.45) is -0.183. The van der Waals surface area contributed by atoms with Crippen molar-refractivity contribution < 1.29 is 15.0 Å². The molecule has 2 aromatic heterocycles. The van der Waals surface area contributed by atoms with Gasteiger partial charge in [-0.05, 0) is 48.4 Å². The molecule has 0 spiro atoms. The Labute approximate surface area is 217 Å². The molecule has 3 heterocycles. The van der Waals surface area contributed by atoms with Crippen molar-refractivity contribution in [1.82, 2.24) is 19.9 Å². The van der Waals surface area contributed by atoms with Crippen LogP contribution in [0.15, 0.2) is 53.5 Å². The number of fused-ring (bicyclic) bond motifs is 1. The zero-order valence-corrected chi connectivity index (χ0v) is 20.9. The summed E-state index contributed by atoms with van der Waals surface area (Å²) >= 11 is 6.05. The van der Waals surface area contributed by atoms with E-state index in [1.807, 2.05) is 19.1 Å². The molecule has 5 N–H and O–H groups in total. The van der Waals surface area contributed by atoms with Gasteiger partial charge in [0.2, 0.25) is 0 Å². The number of benzene rings is 2. The second-order valence-corrected chi connectivity index (χ2v) is 9.48. The number of H-pyrrole nitrogens is 2. The molecule has 1 aliphatic rings. The number of aliphatic hydroxyl groups excluding tert-OH is 1. The van der Waals surface area contributed by atoms with Crippen LogP contribution in [-0.4, -0.2) is 68.9 Å². The maximum absolute atomic E-state index is 12.9. The largest absolute Gasteiger partial charge is 0.465 e. The van der Waals surface area contributed by atoms with Gasteiger partial charge >= 0.3 is 6.09 Å². The fourth-order valence-corrected chi connectivity index (χ4v) is 4.83. The highest BCUT2D eigenvalue weighted by atomic mass is 35.5. The topological polar surface area (TPSA) is 138 Å². The van der Waals surface area contributed by atoms with E-state index >= 15 is 0 Å². The van der Waals surface area contributed by atoms with Crippen LogP contribution in [-0.2, 0) is 0 Å². The van der Waals surface area contributed by atoms with Crippen molar-refractivity contribution in [2.45, 2.75) is 13.0 Å². The van der Waals surface area contributed by atoms with Gasteiger partial charge in [0.25, 0.3) is 5.56 Å². The first kappa shape index (κ1) is 24.7.